The predicted molar refractivity (Wildman–Crippen MR) is 163 cm³/mol. The quantitative estimate of drug-likeness (QED) is 0.157. The first-order valence-electron chi connectivity index (χ1n) is 13.3. The smallest absolute Gasteiger partial charge is 0.329 e. The molecule has 0 unspecified atom stereocenters. The van der Waals surface area contributed by atoms with Gasteiger partial charge in [0.25, 0.3) is 0 Å². The van der Waals surface area contributed by atoms with Crippen molar-refractivity contribution in [2.45, 2.75) is 0 Å². The van der Waals surface area contributed by atoms with Crippen molar-refractivity contribution < 1.29 is 0 Å². The summed E-state index contributed by atoms with van der Waals surface area (Å²) in [6.07, 6.45) is 0. The van der Waals surface area contributed by atoms with Gasteiger partial charge in [0.15, 0.2) is 0 Å². The molecule has 0 saturated heterocycles. The lowest BCUT2D eigenvalue weighted by atomic mass is 9.43. The van der Waals surface area contributed by atoms with Crippen molar-refractivity contribution in [2.24, 2.45) is 0 Å². The van der Waals surface area contributed by atoms with Crippen molar-refractivity contribution in [3.05, 3.63) is 133 Å². The molecule has 0 bridgehead atoms. The molecule has 0 amide bonds. The standard InChI is InChI=1S/C36H22BN/c1-2-13-25-23(11-1)24-12-3-4-16-28(24)35-29(25)21-22-34-36(35)30-17-6-9-19-32(30)37-31-18-8-5-14-26(31)27-15-7-10-20-33(27)38(34)37/h1-22H. The predicted octanol–water partition coefficient (Wildman–Crippen LogP) is 8.05. The molecule has 0 aromatic heterocycles. The van der Waals surface area contributed by atoms with Gasteiger partial charge in [0.05, 0.1) is 0 Å². The van der Waals surface area contributed by atoms with E-state index in [1.165, 1.54) is 76.9 Å². The summed E-state index contributed by atoms with van der Waals surface area (Å²) in [6, 6.07) is 49.4. The third-order valence-corrected chi connectivity index (χ3v) is 8.64. The number of fused-ring (bicyclic) bond motifs is 18. The third-order valence-electron chi connectivity index (χ3n) is 8.64. The Morgan fingerprint density at radius 1 is 0.368 bits per heavy atom. The number of nitrogens with zero attached hydrogens (tertiary/aromatic N) is 1. The fourth-order valence-corrected chi connectivity index (χ4v) is 7.17. The van der Waals surface area contributed by atoms with Crippen molar-refractivity contribution in [3.63, 3.8) is 0 Å². The number of hydrogen-bond acceptors (Lipinski definition) is 1. The van der Waals surface area contributed by atoms with E-state index < -0.39 is 0 Å². The van der Waals surface area contributed by atoms with Gasteiger partial charge in [0, 0.05) is 22.5 Å². The Bertz CT molecular complexity index is 2070. The second-order valence-corrected chi connectivity index (χ2v) is 10.4. The summed E-state index contributed by atoms with van der Waals surface area (Å²) >= 11 is 0. The van der Waals surface area contributed by atoms with Crippen LogP contribution in [0.4, 0.5) is 11.4 Å². The summed E-state index contributed by atoms with van der Waals surface area (Å²) in [7, 11) is 0. The van der Waals surface area contributed by atoms with Gasteiger partial charge in [0.2, 0.25) is 0 Å². The molecule has 0 N–H and O–H groups in total. The molecule has 0 radical (unpaired) electrons. The third kappa shape index (κ3) is 2.47. The van der Waals surface area contributed by atoms with Crippen LogP contribution in [0.15, 0.2) is 133 Å². The molecule has 0 fully saturated rings. The fraction of sp³-hybridized carbons (Fsp3) is 0. The van der Waals surface area contributed by atoms with Crippen LogP contribution in [0.25, 0.3) is 54.6 Å². The van der Waals surface area contributed by atoms with Crippen molar-refractivity contribution in [1.82, 2.24) is 0 Å². The minimum Gasteiger partial charge on any atom is -0.376 e. The van der Waals surface area contributed by atoms with Gasteiger partial charge in [-0.25, -0.2) is 0 Å². The van der Waals surface area contributed by atoms with E-state index in [2.05, 4.69) is 138 Å². The van der Waals surface area contributed by atoms with Crippen LogP contribution in [0.2, 0.25) is 0 Å². The van der Waals surface area contributed by atoms with E-state index in [9.17, 15) is 0 Å². The second-order valence-electron chi connectivity index (χ2n) is 10.4. The lowest BCUT2D eigenvalue weighted by Gasteiger charge is -2.43. The maximum absolute atomic E-state index is 2.60. The molecule has 9 rings (SSSR count). The van der Waals surface area contributed by atoms with Gasteiger partial charge in [-0.2, -0.15) is 0 Å². The molecule has 7 aromatic carbocycles. The van der Waals surface area contributed by atoms with E-state index in [1.54, 1.807) is 0 Å². The Morgan fingerprint density at radius 2 is 0.868 bits per heavy atom. The van der Waals surface area contributed by atoms with Crippen LogP contribution in [0.1, 0.15) is 0 Å². The van der Waals surface area contributed by atoms with Gasteiger partial charge in [0.1, 0.15) is 0 Å². The van der Waals surface area contributed by atoms with Crippen molar-refractivity contribution in [3.8, 4) is 22.3 Å². The average Bonchev–Trinajstić information content (AvgIpc) is 3.00. The van der Waals surface area contributed by atoms with E-state index in [-0.39, 0.29) is 6.85 Å². The number of para-hydroxylation sites is 1. The molecule has 0 saturated carbocycles. The molecule has 1 nitrogen and oxygen atoms in total. The lowest BCUT2D eigenvalue weighted by molar-refractivity contribution is 1.36. The van der Waals surface area contributed by atoms with Gasteiger partial charge in [-0.15, -0.1) is 0 Å². The summed E-state index contributed by atoms with van der Waals surface area (Å²) < 4.78 is 0. The SMILES string of the molecule is c1ccc2c(c1)B1c3ccccc3-c3c(ccc4c5ccccc5c5ccccc5c34)N1c1ccccc1-2. The molecular formula is C36H22BN. The van der Waals surface area contributed by atoms with Gasteiger partial charge in [-0.05, 0) is 66.5 Å². The molecule has 2 aliphatic heterocycles. The van der Waals surface area contributed by atoms with Crippen LogP contribution >= 0.6 is 0 Å². The topological polar surface area (TPSA) is 3.24 Å². The first-order chi connectivity index (χ1) is 18.9. The van der Waals surface area contributed by atoms with E-state index in [4.69, 9.17) is 0 Å². The highest BCUT2D eigenvalue weighted by Crippen LogP contribution is 2.50. The van der Waals surface area contributed by atoms with Crippen LogP contribution in [-0.4, -0.2) is 6.85 Å². The average molecular weight is 479 g/mol. The molecule has 0 spiro atoms. The second kappa shape index (κ2) is 7.37. The first kappa shape index (κ1) is 20.3. The zero-order valence-corrected chi connectivity index (χ0v) is 20.7. The van der Waals surface area contributed by atoms with Gasteiger partial charge >= 0.3 is 6.85 Å². The largest absolute Gasteiger partial charge is 0.376 e. The molecule has 0 atom stereocenters. The Morgan fingerprint density at radius 3 is 1.61 bits per heavy atom. The Hall–Kier alpha value is -4.82. The number of hydrogen-bond donors (Lipinski definition) is 0. The highest BCUT2D eigenvalue weighted by Gasteiger charge is 2.42. The molecule has 2 aliphatic rings. The minimum atomic E-state index is 0.133. The Labute approximate surface area is 221 Å². The number of benzene rings is 7. The van der Waals surface area contributed by atoms with Crippen LogP contribution in [0, 0.1) is 0 Å². The van der Waals surface area contributed by atoms with Gasteiger partial charge in [-0.3, -0.25) is 0 Å². The van der Waals surface area contributed by atoms with Gasteiger partial charge in [-0.1, -0.05) is 121 Å². The van der Waals surface area contributed by atoms with Crippen LogP contribution < -0.4 is 15.7 Å². The molecule has 7 aromatic rings. The molecule has 0 aliphatic carbocycles. The van der Waals surface area contributed by atoms with Crippen molar-refractivity contribution in [2.75, 3.05) is 4.81 Å². The minimum absolute atomic E-state index is 0.133. The Kier molecular flexibility index (Phi) is 3.93. The van der Waals surface area contributed by atoms with E-state index in [0.717, 1.165) is 0 Å². The number of anilines is 2. The van der Waals surface area contributed by atoms with Crippen LogP contribution in [0.5, 0.6) is 0 Å². The van der Waals surface area contributed by atoms with E-state index in [1.807, 2.05) is 0 Å². The first-order valence-corrected chi connectivity index (χ1v) is 13.3. The lowest BCUT2D eigenvalue weighted by Crippen LogP contribution is -2.59. The maximum atomic E-state index is 2.60. The van der Waals surface area contributed by atoms with Crippen LogP contribution in [0.3, 0.4) is 0 Å². The summed E-state index contributed by atoms with van der Waals surface area (Å²) in [5.41, 5.74) is 10.6. The fourth-order valence-electron chi connectivity index (χ4n) is 7.17. The summed E-state index contributed by atoms with van der Waals surface area (Å²) in [5, 5.41) is 7.92. The zero-order valence-electron chi connectivity index (χ0n) is 20.7. The van der Waals surface area contributed by atoms with Gasteiger partial charge < -0.3 is 4.81 Å². The van der Waals surface area contributed by atoms with E-state index in [0.29, 0.717) is 0 Å². The molecule has 174 valence electrons. The van der Waals surface area contributed by atoms with Crippen molar-refractivity contribution in [1.29, 1.82) is 0 Å². The Balaban J connectivity index is 1.51. The van der Waals surface area contributed by atoms with Crippen molar-refractivity contribution >= 4 is 61.5 Å². The zero-order chi connectivity index (χ0) is 24.8. The normalized spacial score (nSPS) is 13.2. The highest BCUT2D eigenvalue weighted by molar-refractivity contribution is 6.92. The molecule has 2 heterocycles. The maximum Gasteiger partial charge on any atom is 0.329 e. The van der Waals surface area contributed by atoms with Crippen LogP contribution in [-0.2, 0) is 0 Å². The highest BCUT2D eigenvalue weighted by atomic mass is 15.1. The molecule has 2 heteroatoms. The molecular weight excluding hydrogens is 457 g/mol. The summed E-state index contributed by atoms with van der Waals surface area (Å²) in [5.74, 6) is 0. The van der Waals surface area contributed by atoms with E-state index >= 15 is 0 Å². The number of rotatable bonds is 0. The summed E-state index contributed by atoms with van der Waals surface area (Å²) in [4.78, 5) is 2.60. The molecule has 38 heavy (non-hydrogen) atoms. The monoisotopic (exact) mass is 479 g/mol. The summed E-state index contributed by atoms with van der Waals surface area (Å²) in [6.45, 7) is 0.133.